The topological polar surface area (TPSA) is 109 Å². The Morgan fingerprint density at radius 2 is 1.37 bits per heavy atom. The number of fused-ring (bicyclic) bond motifs is 1. The molecule has 11 nitrogen and oxygen atoms in total. The molecule has 11 heteroatoms. The average Bonchev–Trinajstić information content (AvgIpc) is 3.98. The highest BCUT2D eigenvalue weighted by Crippen LogP contribution is 2.30. The first-order chi connectivity index (χ1) is 23.7. The van der Waals surface area contributed by atoms with Gasteiger partial charge in [0.25, 0.3) is 5.91 Å². The number of likely N-dealkylation sites (tertiary alicyclic amines) is 2. The number of anilines is 1. The third-order valence-corrected chi connectivity index (χ3v) is 11.5. The van der Waals surface area contributed by atoms with Crippen molar-refractivity contribution in [2.45, 2.75) is 89.4 Å². The minimum atomic E-state index is -0.956. The summed E-state index contributed by atoms with van der Waals surface area (Å²) in [7, 11) is 0. The van der Waals surface area contributed by atoms with Gasteiger partial charge in [-0.2, -0.15) is 0 Å². The highest BCUT2D eigenvalue weighted by molar-refractivity contribution is 5.91. The summed E-state index contributed by atoms with van der Waals surface area (Å²) in [5, 5.41) is 13.4. The van der Waals surface area contributed by atoms with Gasteiger partial charge < -0.3 is 29.9 Å². The number of urea groups is 1. The zero-order chi connectivity index (χ0) is 34.1. The second-order valence-corrected chi connectivity index (χ2v) is 14.8. The van der Waals surface area contributed by atoms with Crippen molar-refractivity contribution in [2.75, 3.05) is 64.2 Å². The number of nitrogens with zero attached hydrogens (tertiary/aromatic N) is 5. The number of piperidine rings is 2. The molecule has 2 aromatic carbocycles. The fraction of sp³-hybridized carbons (Fsp3) is 0.605. The van der Waals surface area contributed by atoms with E-state index in [-0.39, 0.29) is 30.2 Å². The van der Waals surface area contributed by atoms with Crippen LogP contribution in [0.5, 0.6) is 5.75 Å². The van der Waals surface area contributed by atoms with Gasteiger partial charge in [-0.1, -0.05) is 30.3 Å². The number of rotatable bonds is 7. The number of piperazine rings is 1. The third-order valence-electron chi connectivity index (χ3n) is 11.5. The predicted molar refractivity (Wildman–Crippen MR) is 188 cm³/mol. The second-order valence-electron chi connectivity index (χ2n) is 14.8. The van der Waals surface area contributed by atoms with Gasteiger partial charge in [-0.25, -0.2) is 9.59 Å². The molecule has 49 heavy (non-hydrogen) atoms. The van der Waals surface area contributed by atoms with Gasteiger partial charge in [0, 0.05) is 89.1 Å². The van der Waals surface area contributed by atoms with E-state index in [1.165, 1.54) is 12.8 Å². The molecule has 0 radical (unpaired) electrons. The molecule has 0 bridgehead atoms. The fourth-order valence-corrected chi connectivity index (χ4v) is 8.41. The van der Waals surface area contributed by atoms with Gasteiger partial charge in [-0.05, 0) is 87.1 Å². The maximum atomic E-state index is 14.1. The fourth-order valence-electron chi connectivity index (χ4n) is 8.41. The first kappa shape index (κ1) is 33.7. The Labute approximate surface area is 290 Å². The largest absolute Gasteiger partial charge is 0.507 e. The van der Waals surface area contributed by atoms with Gasteiger partial charge in [0.05, 0.1) is 0 Å². The third kappa shape index (κ3) is 7.67. The van der Waals surface area contributed by atoms with Crippen molar-refractivity contribution >= 4 is 23.7 Å². The van der Waals surface area contributed by atoms with E-state index < -0.39 is 12.2 Å². The molecule has 4 fully saturated rings. The zero-order valence-corrected chi connectivity index (χ0v) is 29.1. The monoisotopic (exact) mass is 672 g/mol. The van der Waals surface area contributed by atoms with E-state index in [1.54, 1.807) is 4.90 Å². The number of carbonyl (C=O) groups is 3. The van der Waals surface area contributed by atoms with Gasteiger partial charge in [-0.3, -0.25) is 14.6 Å². The first-order valence-electron chi connectivity index (χ1n) is 18.4. The molecule has 3 saturated heterocycles. The number of amides is 4. The van der Waals surface area contributed by atoms with Crippen LogP contribution in [0.15, 0.2) is 36.4 Å². The Hall–Kier alpha value is -3.83. The summed E-state index contributed by atoms with van der Waals surface area (Å²) >= 11 is 0. The quantitative estimate of drug-likeness (QED) is 0.450. The van der Waals surface area contributed by atoms with Crippen molar-refractivity contribution in [3.05, 3.63) is 58.7 Å². The van der Waals surface area contributed by atoms with Crippen LogP contribution in [-0.4, -0.2) is 131 Å². The van der Waals surface area contributed by atoms with E-state index in [4.69, 9.17) is 4.74 Å². The van der Waals surface area contributed by atoms with Gasteiger partial charge in [0.1, 0.15) is 5.75 Å². The van der Waals surface area contributed by atoms with Crippen LogP contribution in [-0.2, 0) is 22.4 Å². The molecule has 0 unspecified atom stereocenters. The van der Waals surface area contributed by atoms with Crippen LogP contribution in [0.1, 0.15) is 60.8 Å². The molecule has 1 aliphatic carbocycles. The molecule has 2 N–H and O–H groups in total. The molecular weight excluding hydrogens is 620 g/mol. The number of carbonyl (C=O) groups excluding carboxylic acids is 3. The minimum Gasteiger partial charge on any atom is -0.507 e. The summed E-state index contributed by atoms with van der Waals surface area (Å²) in [6.45, 7) is 11.0. The van der Waals surface area contributed by atoms with Crippen molar-refractivity contribution in [1.82, 2.24) is 24.5 Å². The van der Waals surface area contributed by atoms with E-state index in [2.05, 4.69) is 21.2 Å². The Morgan fingerprint density at radius 1 is 0.796 bits per heavy atom. The number of benzene rings is 2. The lowest BCUT2D eigenvalue weighted by Gasteiger charge is -2.43. The summed E-state index contributed by atoms with van der Waals surface area (Å²) in [5.41, 5.74) is 4.32. The van der Waals surface area contributed by atoms with Gasteiger partial charge >= 0.3 is 12.1 Å². The van der Waals surface area contributed by atoms with Crippen LogP contribution in [0.4, 0.5) is 15.3 Å². The number of ether oxygens (including phenoxy) is 1. The number of aryl methyl sites for hydroxylation is 2. The maximum absolute atomic E-state index is 14.1. The number of phenolic OH excluding ortho intramolecular Hbond substituents is 1. The van der Waals surface area contributed by atoms with E-state index >= 15 is 0 Å². The summed E-state index contributed by atoms with van der Waals surface area (Å²) in [4.78, 5) is 51.6. The molecule has 7 rings (SSSR count). The number of phenols is 1. The van der Waals surface area contributed by atoms with Crippen LogP contribution in [0.3, 0.4) is 0 Å². The van der Waals surface area contributed by atoms with Crippen molar-refractivity contribution in [3.63, 3.8) is 0 Å². The molecule has 0 spiro atoms. The predicted octanol–water partition coefficient (Wildman–Crippen LogP) is 4.38. The standard InChI is InChI=1S/C38H52N6O5/c1-26-23-28(24-27(2)35(26)45)25-34(36(46)42-14-10-31(11-15-42)41-21-19-40(20-22-41)30-7-8-30)49-38(48)43-16-12-32(13-17-43)44-18-9-29-5-3-4-6-33(29)39-37(44)47/h3-6,23-24,30-32,34,45H,7-22,25H2,1-2H3,(H,39,47)/t34-/m1/s1. The van der Waals surface area contributed by atoms with Crippen LogP contribution >= 0.6 is 0 Å². The van der Waals surface area contributed by atoms with Crippen LogP contribution in [0.25, 0.3) is 0 Å². The van der Waals surface area contributed by atoms with E-state index in [0.29, 0.717) is 51.6 Å². The van der Waals surface area contributed by atoms with Gasteiger partial charge in [0.2, 0.25) is 0 Å². The van der Waals surface area contributed by atoms with Crippen molar-refractivity contribution in [3.8, 4) is 5.75 Å². The first-order valence-corrected chi connectivity index (χ1v) is 18.4. The average molecular weight is 673 g/mol. The summed E-state index contributed by atoms with van der Waals surface area (Å²) < 4.78 is 6.09. The number of hydrogen-bond donors (Lipinski definition) is 2. The van der Waals surface area contributed by atoms with Crippen LogP contribution in [0, 0.1) is 13.8 Å². The molecule has 1 saturated carbocycles. The maximum Gasteiger partial charge on any atom is 0.410 e. The van der Waals surface area contributed by atoms with Crippen molar-refractivity contribution in [2.24, 2.45) is 0 Å². The molecule has 5 aliphatic rings. The normalized spacial score (nSPS) is 22.3. The van der Waals surface area contributed by atoms with Crippen LogP contribution in [0.2, 0.25) is 0 Å². The Bertz CT molecular complexity index is 1500. The number of nitrogens with one attached hydrogen (secondary N) is 1. The Morgan fingerprint density at radius 3 is 2.00 bits per heavy atom. The molecule has 2 aromatic rings. The van der Waals surface area contributed by atoms with Crippen LogP contribution < -0.4 is 5.32 Å². The molecule has 4 amide bonds. The highest BCUT2D eigenvalue weighted by atomic mass is 16.6. The zero-order valence-electron chi connectivity index (χ0n) is 29.1. The smallest absolute Gasteiger partial charge is 0.410 e. The lowest BCUT2D eigenvalue weighted by Crippen LogP contribution is -2.55. The Kier molecular flexibility index (Phi) is 10.0. The lowest BCUT2D eigenvalue weighted by atomic mass is 9.98. The molecule has 1 atom stereocenters. The number of hydrogen-bond acceptors (Lipinski definition) is 7. The lowest BCUT2D eigenvalue weighted by molar-refractivity contribution is -0.142. The van der Waals surface area contributed by atoms with E-state index in [1.807, 2.05) is 54.0 Å². The van der Waals surface area contributed by atoms with Gasteiger partial charge in [0.15, 0.2) is 6.10 Å². The molecular formula is C38H52N6O5. The molecule has 264 valence electrons. The molecule has 4 aliphatic heterocycles. The summed E-state index contributed by atoms with van der Waals surface area (Å²) in [6, 6.07) is 12.9. The Balaban J connectivity index is 0.965. The molecule has 4 heterocycles. The van der Waals surface area contributed by atoms with Gasteiger partial charge in [-0.15, -0.1) is 0 Å². The SMILES string of the molecule is Cc1cc(C[C@@H](OC(=O)N2CCC(N3CCc4ccccc4NC3=O)CC2)C(=O)N2CCC(N3CCN(C4CC4)CC3)CC2)cc(C)c1O. The highest BCUT2D eigenvalue weighted by Gasteiger charge is 2.38. The van der Waals surface area contributed by atoms with E-state index in [9.17, 15) is 19.5 Å². The minimum absolute atomic E-state index is 0.0247. The van der Waals surface area contributed by atoms with E-state index in [0.717, 1.165) is 79.4 Å². The van der Waals surface area contributed by atoms with Crippen molar-refractivity contribution in [1.29, 1.82) is 0 Å². The second kappa shape index (κ2) is 14.6. The number of aromatic hydroxyl groups is 1. The summed E-state index contributed by atoms with van der Waals surface area (Å²) in [6.07, 6.45) is 5.44. The number of para-hydroxylation sites is 1. The summed E-state index contributed by atoms with van der Waals surface area (Å²) in [5.74, 6) is 0.0953. The molecule has 0 aromatic heterocycles. The van der Waals surface area contributed by atoms with Crippen molar-refractivity contribution < 1.29 is 24.2 Å².